The van der Waals surface area contributed by atoms with Crippen LogP contribution in [0.15, 0.2) is 24.3 Å². The molecule has 0 aromatic heterocycles. The third-order valence-corrected chi connectivity index (χ3v) is 6.85. The van der Waals surface area contributed by atoms with Gasteiger partial charge < -0.3 is 29.6 Å². The van der Waals surface area contributed by atoms with E-state index in [4.69, 9.17) is 14.8 Å². The van der Waals surface area contributed by atoms with Crippen molar-refractivity contribution in [2.75, 3.05) is 27.4 Å². The van der Waals surface area contributed by atoms with Crippen LogP contribution in [0.1, 0.15) is 36.7 Å². The number of rotatable bonds is 13. The van der Waals surface area contributed by atoms with Gasteiger partial charge in [0.15, 0.2) is 5.92 Å². The van der Waals surface area contributed by atoms with Crippen molar-refractivity contribution in [1.29, 1.82) is 0 Å². The number of esters is 2. The van der Waals surface area contributed by atoms with E-state index in [2.05, 4.69) is 14.8 Å². The van der Waals surface area contributed by atoms with Crippen LogP contribution in [0.3, 0.4) is 0 Å². The average Bonchev–Trinajstić information content (AvgIpc) is 2.77. The minimum Gasteiger partial charge on any atom is -0.468 e. The minimum absolute atomic E-state index is 0.0253. The summed E-state index contributed by atoms with van der Waals surface area (Å²) in [5, 5.41) is 2.45. The number of hydrogen-bond donors (Lipinski definition) is 2. The molecule has 0 heterocycles. The molecule has 0 saturated carbocycles. The van der Waals surface area contributed by atoms with Gasteiger partial charge in [0.2, 0.25) is 5.91 Å². The maximum atomic E-state index is 12.7. The van der Waals surface area contributed by atoms with E-state index >= 15 is 0 Å². The predicted octanol–water partition coefficient (Wildman–Crippen LogP) is 1.63. The van der Waals surface area contributed by atoms with Crippen LogP contribution in [-0.2, 0) is 43.6 Å². The van der Waals surface area contributed by atoms with Crippen molar-refractivity contribution in [3.8, 4) is 0 Å². The zero-order valence-electron chi connectivity index (χ0n) is 19.4. The fourth-order valence-electron chi connectivity index (χ4n) is 3.17. The van der Waals surface area contributed by atoms with Crippen molar-refractivity contribution in [3.05, 3.63) is 35.4 Å². The number of nitrogens with two attached hydrogens (primary N) is 1. The maximum absolute atomic E-state index is 12.7. The first-order valence-electron chi connectivity index (χ1n) is 10.3. The first kappa shape index (κ1) is 28.3. The Morgan fingerprint density at radius 2 is 1.45 bits per heavy atom. The fraction of sp³-hybridized carbons (Fsp3) is 0.524. The monoisotopic (exact) mass is 486 g/mol. The fourth-order valence-corrected chi connectivity index (χ4v) is 4.87. The Balaban J connectivity index is 3.04. The van der Waals surface area contributed by atoms with Crippen molar-refractivity contribution >= 4 is 31.3 Å². The summed E-state index contributed by atoms with van der Waals surface area (Å²) in [7, 11) is -1.15. The van der Waals surface area contributed by atoms with Crippen molar-refractivity contribution < 1.29 is 42.3 Å². The summed E-state index contributed by atoms with van der Waals surface area (Å²) in [4.78, 5) is 48.8. The zero-order valence-corrected chi connectivity index (χ0v) is 20.3. The molecule has 3 N–H and O–H groups in total. The van der Waals surface area contributed by atoms with Gasteiger partial charge in [-0.25, -0.2) is 0 Å². The third-order valence-electron chi connectivity index (χ3n) is 4.80. The van der Waals surface area contributed by atoms with Gasteiger partial charge in [-0.05, 0) is 31.5 Å². The van der Waals surface area contributed by atoms with E-state index in [1.165, 1.54) is 19.1 Å². The Bertz CT molecular complexity index is 862. The normalized spacial score (nSPS) is 13.2. The van der Waals surface area contributed by atoms with E-state index in [0.29, 0.717) is 5.56 Å². The van der Waals surface area contributed by atoms with Gasteiger partial charge in [0, 0.05) is 11.5 Å². The summed E-state index contributed by atoms with van der Waals surface area (Å²) in [6.45, 7) is 5.27. The zero-order chi connectivity index (χ0) is 25.2. The summed E-state index contributed by atoms with van der Waals surface area (Å²) in [5.41, 5.74) is 6.21. The maximum Gasteiger partial charge on any atom is 0.335 e. The molecule has 0 aliphatic rings. The highest BCUT2D eigenvalue weighted by molar-refractivity contribution is 7.53. The number of amides is 2. The molecular weight excluding hydrogens is 455 g/mol. The number of methoxy groups -OCH3 is 2. The number of carbonyl (C=O) groups excluding carboxylic acids is 4. The molecule has 0 saturated heterocycles. The van der Waals surface area contributed by atoms with Crippen LogP contribution in [0.5, 0.6) is 0 Å². The number of carbonyl (C=O) groups is 4. The van der Waals surface area contributed by atoms with Crippen molar-refractivity contribution in [3.63, 3.8) is 0 Å². The van der Waals surface area contributed by atoms with Gasteiger partial charge in [-0.3, -0.25) is 23.7 Å². The van der Waals surface area contributed by atoms with E-state index in [1.807, 2.05) is 0 Å². The molecule has 0 spiro atoms. The van der Waals surface area contributed by atoms with Gasteiger partial charge in [-0.15, -0.1) is 0 Å². The second-order valence-corrected chi connectivity index (χ2v) is 9.09. The van der Waals surface area contributed by atoms with Crippen LogP contribution in [0.2, 0.25) is 0 Å². The van der Waals surface area contributed by atoms with E-state index in [0.717, 1.165) is 14.2 Å². The average molecular weight is 486 g/mol. The Labute approximate surface area is 192 Å². The molecule has 0 unspecified atom stereocenters. The second-order valence-electron chi connectivity index (χ2n) is 7.04. The number of primary amides is 1. The molecule has 33 heavy (non-hydrogen) atoms. The summed E-state index contributed by atoms with van der Waals surface area (Å²) in [5.74, 6) is -5.97. The predicted molar refractivity (Wildman–Crippen MR) is 118 cm³/mol. The SMILES string of the molecule is CCOP(=O)(Cc1ccc(C(=O)N[C@H](C(N)=O)[C@@H](C)C(C(=O)OC)C(=O)OC)cc1)OCC. The van der Waals surface area contributed by atoms with E-state index in [9.17, 15) is 23.7 Å². The molecule has 0 aliphatic heterocycles. The Kier molecular flexibility index (Phi) is 11.2. The lowest BCUT2D eigenvalue weighted by molar-refractivity contribution is -0.161. The number of ether oxygens (including phenoxy) is 2. The highest BCUT2D eigenvalue weighted by Gasteiger charge is 2.41. The quantitative estimate of drug-likeness (QED) is 0.240. The van der Waals surface area contributed by atoms with Gasteiger partial charge >= 0.3 is 19.5 Å². The summed E-state index contributed by atoms with van der Waals surface area (Å²) in [6, 6.07) is 4.72. The molecule has 11 nitrogen and oxygen atoms in total. The molecule has 0 aliphatic carbocycles. The van der Waals surface area contributed by atoms with Crippen LogP contribution < -0.4 is 11.1 Å². The van der Waals surface area contributed by atoms with Crippen LogP contribution in [0, 0.1) is 11.8 Å². The van der Waals surface area contributed by atoms with Gasteiger partial charge in [0.25, 0.3) is 5.91 Å². The lowest BCUT2D eigenvalue weighted by atomic mass is 9.86. The van der Waals surface area contributed by atoms with Gasteiger partial charge in [0.05, 0.1) is 33.6 Å². The highest BCUT2D eigenvalue weighted by Crippen LogP contribution is 2.51. The van der Waals surface area contributed by atoms with Crippen molar-refractivity contribution in [2.45, 2.75) is 33.0 Å². The third kappa shape index (κ3) is 7.96. The summed E-state index contributed by atoms with van der Waals surface area (Å²) < 4.78 is 32.4. The molecule has 2 atom stereocenters. The molecule has 2 amide bonds. The Morgan fingerprint density at radius 3 is 1.85 bits per heavy atom. The Morgan fingerprint density at radius 1 is 0.970 bits per heavy atom. The van der Waals surface area contributed by atoms with Gasteiger partial charge in [0.1, 0.15) is 6.04 Å². The van der Waals surface area contributed by atoms with Crippen molar-refractivity contribution in [2.24, 2.45) is 17.6 Å². The smallest absolute Gasteiger partial charge is 0.335 e. The first-order chi connectivity index (χ1) is 15.5. The molecule has 1 aromatic carbocycles. The first-order valence-corrected chi connectivity index (χ1v) is 12.0. The minimum atomic E-state index is -3.31. The number of benzene rings is 1. The molecule has 0 bridgehead atoms. The standard InChI is InChI=1S/C21H31N2O9P/c1-6-31-33(28,32-7-2)12-14-8-10-15(11-9-14)19(25)23-17(18(22)24)13(3)16(20(26)29-4)21(27)30-5/h8-11,13,16-17H,6-7,12H2,1-5H3,(H2,22,24)(H,23,25)/t13-,17-/m0/s1. The molecule has 1 aromatic rings. The molecule has 12 heteroatoms. The lowest BCUT2D eigenvalue weighted by Crippen LogP contribution is -2.52. The van der Waals surface area contributed by atoms with Crippen molar-refractivity contribution in [1.82, 2.24) is 5.32 Å². The molecular formula is C21H31N2O9P. The molecule has 0 fully saturated rings. The van der Waals surface area contributed by atoms with Gasteiger partial charge in [-0.2, -0.15) is 0 Å². The van der Waals surface area contributed by atoms with Crippen LogP contribution in [0.25, 0.3) is 0 Å². The topological polar surface area (TPSA) is 160 Å². The van der Waals surface area contributed by atoms with E-state index in [1.54, 1.807) is 26.0 Å². The Hall–Kier alpha value is -2.75. The molecule has 1 rings (SSSR count). The van der Waals surface area contributed by atoms with Gasteiger partial charge in [-0.1, -0.05) is 19.1 Å². The highest BCUT2D eigenvalue weighted by atomic mass is 31.2. The second kappa shape index (κ2) is 13.1. The number of hydrogen-bond acceptors (Lipinski definition) is 9. The van der Waals surface area contributed by atoms with Crippen LogP contribution >= 0.6 is 7.60 Å². The molecule has 0 radical (unpaired) electrons. The lowest BCUT2D eigenvalue weighted by Gasteiger charge is -2.26. The van der Waals surface area contributed by atoms with Crippen LogP contribution in [-0.4, -0.2) is 57.2 Å². The largest absolute Gasteiger partial charge is 0.468 e. The summed E-state index contributed by atoms with van der Waals surface area (Å²) in [6.07, 6.45) is 0.0253. The number of nitrogens with one attached hydrogen (secondary N) is 1. The molecule has 184 valence electrons. The van der Waals surface area contributed by atoms with E-state index < -0.39 is 49.2 Å². The van der Waals surface area contributed by atoms with Crippen LogP contribution in [0.4, 0.5) is 0 Å². The van der Waals surface area contributed by atoms with E-state index in [-0.39, 0.29) is 24.9 Å². The summed E-state index contributed by atoms with van der Waals surface area (Å²) >= 11 is 0.